The lowest BCUT2D eigenvalue weighted by molar-refractivity contribution is 0.102. The zero-order valence-electron chi connectivity index (χ0n) is 15.7. The van der Waals surface area contributed by atoms with Crippen LogP contribution < -0.4 is 14.8 Å². The number of fused-ring (bicyclic) bond motifs is 1. The quantitative estimate of drug-likeness (QED) is 0.431. The van der Waals surface area contributed by atoms with Crippen molar-refractivity contribution in [1.82, 2.24) is 4.98 Å². The standard InChI is InChI=1S/C22H17BrN2O4/c1-27-17-9-14(10-18(12-17)28-2)21(26)24-16-6-7-20-19(11-16)25-22(29-20)13-4-3-5-15(23)8-13/h3-12H,1-2H3,(H,24,26). The molecule has 29 heavy (non-hydrogen) atoms. The Morgan fingerprint density at radius 3 is 2.45 bits per heavy atom. The molecular formula is C22H17BrN2O4. The van der Waals surface area contributed by atoms with Crippen LogP contribution in [-0.4, -0.2) is 25.1 Å². The van der Waals surface area contributed by atoms with Gasteiger partial charge in [0.05, 0.1) is 14.2 Å². The van der Waals surface area contributed by atoms with Gasteiger partial charge in [0, 0.05) is 27.4 Å². The summed E-state index contributed by atoms with van der Waals surface area (Å²) in [6.07, 6.45) is 0. The lowest BCUT2D eigenvalue weighted by Gasteiger charge is -2.09. The average molecular weight is 453 g/mol. The van der Waals surface area contributed by atoms with Crippen molar-refractivity contribution < 1.29 is 18.7 Å². The van der Waals surface area contributed by atoms with E-state index in [0.29, 0.717) is 39.7 Å². The Balaban J connectivity index is 1.61. The molecule has 1 heterocycles. The van der Waals surface area contributed by atoms with Crippen molar-refractivity contribution in [2.45, 2.75) is 0 Å². The fourth-order valence-electron chi connectivity index (χ4n) is 2.89. The van der Waals surface area contributed by atoms with Crippen molar-refractivity contribution >= 4 is 38.6 Å². The molecule has 0 saturated heterocycles. The summed E-state index contributed by atoms with van der Waals surface area (Å²) in [6.45, 7) is 0. The number of aromatic nitrogens is 1. The number of carbonyl (C=O) groups is 1. The zero-order valence-corrected chi connectivity index (χ0v) is 17.3. The fraction of sp³-hybridized carbons (Fsp3) is 0.0909. The fourth-order valence-corrected chi connectivity index (χ4v) is 3.29. The van der Waals surface area contributed by atoms with E-state index in [1.54, 1.807) is 36.4 Å². The van der Waals surface area contributed by atoms with Crippen LogP contribution in [0.1, 0.15) is 10.4 Å². The first-order valence-electron chi connectivity index (χ1n) is 8.76. The van der Waals surface area contributed by atoms with Crippen LogP contribution in [0.3, 0.4) is 0 Å². The molecule has 6 nitrogen and oxygen atoms in total. The van der Waals surface area contributed by atoms with Gasteiger partial charge in [-0.1, -0.05) is 22.0 Å². The molecule has 7 heteroatoms. The van der Waals surface area contributed by atoms with Gasteiger partial charge in [-0.05, 0) is 48.5 Å². The van der Waals surface area contributed by atoms with Crippen LogP contribution >= 0.6 is 15.9 Å². The molecule has 4 aromatic rings. The summed E-state index contributed by atoms with van der Waals surface area (Å²) in [5, 5.41) is 2.87. The van der Waals surface area contributed by atoms with Crippen molar-refractivity contribution in [3.63, 3.8) is 0 Å². The maximum Gasteiger partial charge on any atom is 0.255 e. The summed E-state index contributed by atoms with van der Waals surface area (Å²) >= 11 is 3.45. The number of carbonyl (C=O) groups excluding carboxylic acids is 1. The van der Waals surface area contributed by atoms with Crippen molar-refractivity contribution in [3.05, 3.63) is 70.7 Å². The molecule has 0 spiro atoms. The highest BCUT2D eigenvalue weighted by Crippen LogP contribution is 2.28. The van der Waals surface area contributed by atoms with Crippen molar-refractivity contribution in [1.29, 1.82) is 0 Å². The van der Waals surface area contributed by atoms with Gasteiger partial charge in [0.25, 0.3) is 5.91 Å². The molecule has 0 atom stereocenters. The highest BCUT2D eigenvalue weighted by Gasteiger charge is 2.13. The molecular weight excluding hydrogens is 436 g/mol. The Hall–Kier alpha value is -3.32. The van der Waals surface area contributed by atoms with Crippen molar-refractivity contribution in [2.75, 3.05) is 19.5 Å². The number of anilines is 1. The molecule has 0 unspecified atom stereocenters. The zero-order chi connectivity index (χ0) is 20.4. The molecule has 0 radical (unpaired) electrons. The van der Waals surface area contributed by atoms with Gasteiger partial charge in [-0.15, -0.1) is 0 Å². The van der Waals surface area contributed by atoms with Gasteiger partial charge in [-0.25, -0.2) is 4.98 Å². The van der Waals surface area contributed by atoms with E-state index in [1.165, 1.54) is 14.2 Å². The minimum absolute atomic E-state index is 0.280. The maximum atomic E-state index is 12.7. The highest BCUT2D eigenvalue weighted by atomic mass is 79.9. The highest BCUT2D eigenvalue weighted by molar-refractivity contribution is 9.10. The normalized spacial score (nSPS) is 10.7. The number of nitrogens with zero attached hydrogens (tertiary/aromatic N) is 1. The predicted molar refractivity (Wildman–Crippen MR) is 115 cm³/mol. The third kappa shape index (κ3) is 4.09. The number of rotatable bonds is 5. The third-order valence-electron chi connectivity index (χ3n) is 4.33. The van der Waals surface area contributed by atoms with E-state index in [4.69, 9.17) is 13.9 Å². The number of hydrogen-bond donors (Lipinski definition) is 1. The minimum Gasteiger partial charge on any atom is -0.497 e. The molecule has 0 saturated carbocycles. The van der Waals surface area contributed by atoms with Crippen LogP contribution in [0.4, 0.5) is 5.69 Å². The van der Waals surface area contributed by atoms with Crippen LogP contribution in [0, 0.1) is 0 Å². The van der Waals surface area contributed by atoms with Crippen LogP contribution in [0.2, 0.25) is 0 Å². The summed E-state index contributed by atoms with van der Waals surface area (Å²) in [6, 6.07) is 18.1. The first kappa shape index (κ1) is 19.0. The Kier molecular flexibility index (Phi) is 5.22. The van der Waals surface area contributed by atoms with Gasteiger partial charge in [-0.2, -0.15) is 0 Å². The number of halogens is 1. The van der Waals surface area contributed by atoms with Crippen LogP contribution in [0.5, 0.6) is 11.5 Å². The Morgan fingerprint density at radius 1 is 1.00 bits per heavy atom. The molecule has 0 aliphatic rings. The third-order valence-corrected chi connectivity index (χ3v) is 4.82. The van der Waals surface area contributed by atoms with E-state index in [1.807, 2.05) is 24.3 Å². The largest absolute Gasteiger partial charge is 0.497 e. The van der Waals surface area contributed by atoms with Crippen LogP contribution in [0.15, 0.2) is 69.6 Å². The van der Waals surface area contributed by atoms with Crippen LogP contribution in [-0.2, 0) is 0 Å². The van der Waals surface area contributed by atoms with E-state index in [9.17, 15) is 4.79 Å². The van der Waals surface area contributed by atoms with Gasteiger partial charge in [0.2, 0.25) is 5.89 Å². The van der Waals surface area contributed by atoms with Crippen molar-refractivity contribution in [3.8, 4) is 23.0 Å². The van der Waals surface area contributed by atoms with E-state index in [0.717, 1.165) is 10.0 Å². The number of hydrogen-bond acceptors (Lipinski definition) is 5. The summed E-state index contributed by atoms with van der Waals surface area (Å²) < 4.78 is 17.2. The topological polar surface area (TPSA) is 73.6 Å². The first-order chi connectivity index (χ1) is 14.1. The summed E-state index contributed by atoms with van der Waals surface area (Å²) in [5.74, 6) is 1.32. The van der Waals surface area contributed by atoms with E-state index < -0.39 is 0 Å². The van der Waals surface area contributed by atoms with Gasteiger partial charge >= 0.3 is 0 Å². The number of benzene rings is 3. The number of nitrogens with one attached hydrogen (secondary N) is 1. The van der Waals surface area contributed by atoms with E-state index in [2.05, 4.69) is 26.2 Å². The van der Waals surface area contributed by atoms with E-state index in [-0.39, 0.29) is 5.91 Å². The summed E-state index contributed by atoms with van der Waals surface area (Å²) in [4.78, 5) is 17.2. The second-order valence-electron chi connectivity index (χ2n) is 6.27. The molecule has 0 fully saturated rings. The molecule has 1 N–H and O–H groups in total. The molecule has 146 valence electrons. The molecule has 4 rings (SSSR count). The van der Waals surface area contributed by atoms with Gasteiger partial charge < -0.3 is 19.2 Å². The Morgan fingerprint density at radius 2 is 1.76 bits per heavy atom. The number of oxazole rings is 1. The second kappa shape index (κ2) is 7.97. The van der Waals surface area contributed by atoms with E-state index >= 15 is 0 Å². The van der Waals surface area contributed by atoms with Gasteiger partial charge in [0.15, 0.2) is 5.58 Å². The molecule has 0 aliphatic carbocycles. The summed E-state index contributed by atoms with van der Waals surface area (Å²) in [7, 11) is 3.08. The van der Waals surface area contributed by atoms with Crippen LogP contribution in [0.25, 0.3) is 22.6 Å². The molecule has 1 aromatic heterocycles. The number of amides is 1. The predicted octanol–water partition coefficient (Wildman–Crippen LogP) is 5.53. The minimum atomic E-state index is -0.280. The lowest BCUT2D eigenvalue weighted by Crippen LogP contribution is -2.12. The average Bonchev–Trinajstić information content (AvgIpc) is 3.16. The first-order valence-corrected chi connectivity index (χ1v) is 9.56. The van der Waals surface area contributed by atoms with Gasteiger partial charge in [-0.3, -0.25) is 4.79 Å². The molecule has 0 aliphatic heterocycles. The monoisotopic (exact) mass is 452 g/mol. The van der Waals surface area contributed by atoms with Crippen molar-refractivity contribution in [2.24, 2.45) is 0 Å². The number of ether oxygens (including phenoxy) is 2. The molecule has 0 bridgehead atoms. The smallest absolute Gasteiger partial charge is 0.255 e. The maximum absolute atomic E-state index is 12.7. The Bertz CT molecular complexity index is 1180. The second-order valence-corrected chi connectivity index (χ2v) is 7.18. The van der Waals surface area contributed by atoms with Gasteiger partial charge in [0.1, 0.15) is 17.0 Å². The number of methoxy groups -OCH3 is 2. The SMILES string of the molecule is COc1cc(OC)cc(C(=O)Nc2ccc3oc(-c4cccc(Br)c4)nc3c2)c1. The lowest BCUT2D eigenvalue weighted by atomic mass is 10.1. The molecule has 1 amide bonds. The Labute approximate surface area is 175 Å². The molecule has 3 aromatic carbocycles. The summed E-state index contributed by atoms with van der Waals surface area (Å²) in [5.41, 5.74) is 3.20.